The van der Waals surface area contributed by atoms with E-state index in [2.05, 4.69) is 10.3 Å². The molecule has 0 saturated carbocycles. The molecule has 2 fully saturated rings. The first kappa shape index (κ1) is 16.2. The molecule has 3 N–H and O–H groups in total. The second-order valence-corrected chi connectivity index (χ2v) is 6.09. The highest BCUT2D eigenvalue weighted by Gasteiger charge is 2.31. The van der Waals surface area contributed by atoms with Gasteiger partial charge in [-0.15, -0.1) is 0 Å². The lowest BCUT2D eigenvalue weighted by Crippen LogP contribution is -2.52. The van der Waals surface area contributed by atoms with Crippen LogP contribution in [0.2, 0.25) is 0 Å². The molecule has 8 heteroatoms. The van der Waals surface area contributed by atoms with Gasteiger partial charge in [0.25, 0.3) is 5.91 Å². The summed E-state index contributed by atoms with van der Waals surface area (Å²) < 4.78 is 0. The van der Waals surface area contributed by atoms with Crippen LogP contribution >= 0.6 is 0 Å². The van der Waals surface area contributed by atoms with Crippen LogP contribution in [0.5, 0.6) is 0 Å². The van der Waals surface area contributed by atoms with E-state index in [1.165, 1.54) is 0 Å². The van der Waals surface area contributed by atoms with Crippen molar-refractivity contribution in [3.8, 4) is 0 Å². The maximum absolute atomic E-state index is 12.6. The number of nitrogens with zero attached hydrogens (tertiary/aromatic N) is 3. The number of piperazine rings is 1. The van der Waals surface area contributed by atoms with E-state index in [4.69, 9.17) is 5.73 Å². The molecular weight excluding hydrogens is 310 g/mol. The maximum Gasteiger partial charge on any atom is 0.252 e. The molecule has 0 spiro atoms. The minimum absolute atomic E-state index is 0.0423. The summed E-state index contributed by atoms with van der Waals surface area (Å²) in [5.74, 6) is -0.182. The van der Waals surface area contributed by atoms with E-state index in [0.29, 0.717) is 50.5 Å². The Morgan fingerprint density at radius 2 is 2.00 bits per heavy atom. The average molecular weight is 331 g/mol. The van der Waals surface area contributed by atoms with Gasteiger partial charge < -0.3 is 20.9 Å². The molecule has 2 aliphatic heterocycles. The van der Waals surface area contributed by atoms with Crippen molar-refractivity contribution >= 4 is 23.5 Å². The van der Waals surface area contributed by atoms with Gasteiger partial charge >= 0.3 is 0 Å². The molecule has 3 rings (SSSR count). The molecule has 8 nitrogen and oxygen atoms in total. The monoisotopic (exact) mass is 331 g/mol. The van der Waals surface area contributed by atoms with E-state index in [0.717, 1.165) is 0 Å². The number of nitrogens with one attached hydrogen (secondary N) is 1. The van der Waals surface area contributed by atoms with Crippen LogP contribution in [0.3, 0.4) is 0 Å². The lowest BCUT2D eigenvalue weighted by molar-refractivity contribution is -0.140. The lowest BCUT2D eigenvalue weighted by atomic mass is 9.95. The second-order valence-electron chi connectivity index (χ2n) is 6.09. The molecule has 2 saturated heterocycles. The largest absolute Gasteiger partial charge is 0.365 e. The third-order valence-electron chi connectivity index (χ3n) is 4.54. The molecule has 128 valence electrons. The van der Waals surface area contributed by atoms with Crippen LogP contribution in [-0.4, -0.2) is 60.3 Å². The van der Waals surface area contributed by atoms with Crippen molar-refractivity contribution in [2.24, 2.45) is 11.7 Å². The Kier molecular flexibility index (Phi) is 4.64. The lowest BCUT2D eigenvalue weighted by Gasteiger charge is -2.38. The fourth-order valence-electron chi connectivity index (χ4n) is 3.23. The molecule has 3 amide bonds. The van der Waals surface area contributed by atoms with Crippen molar-refractivity contribution in [1.82, 2.24) is 15.2 Å². The zero-order chi connectivity index (χ0) is 17.1. The Labute approximate surface area is 140 Å². The minimum atomic E-state index is -0.509. The Balaban J connectivity index is 1.63. The van der Waals surface area contributed by atoms with E-state index >= 15 is 0 Å². The van der Waals surface area contributed by atoms with Gasteiger partial charge in [-0.05, 0) is 18.6 Å². The quantitative estimate of drug-likeness (QED) is 0.765. The summed E-state index contributed by atoms with van der Waals surface area (Å²) in [4.78, 5) is 43.6. The first-order valence-corrected chi connectivity index (χ1v) is 8.11. The van der Waals surface area contributed by atoms with E-state index < -0.39 is 5.91 Å². The first-order valence-electron chi connectivity index (χ1n) is 8.11. The minimum Gasteiger partial charge on any atom is -0.365 e. The predicted molar refractivity (Wildman–Crippen MR) is 87.3 cm³/mol. The Hall–Kier alpha value is -2.64. The van der Waals surface area contributed by atoms with Gasteiger partial charge in [-0.2, -0.15) is 0 Å². The van der Waals surface area contributed by atoms with Gasteiger partial charge in [-0.3, -0.25) is 14.4 Å². The second kappa shape index (κ2) is 6.86. The van der Waals surface area contributed by atoms with Crippen molar-refractivity contribution < 1.29 is 14.4 Å². The van der Waals surface area contributed by atoms with Crippen molar-refractivity contribution in [1.29, 1.82) is 0 Å². The number of rotatable bonds is 3. The predicted octanol–water partition coefficient (Wildman–Crippen LogP) is -0.645. The highest BCUT2D eigenvalue weighted by molar-refractivity contribution is 5.97. The molecular formula is C16H21N5O3. The number of pyridine rings is 1. The smallest absolute Gasteiger partial charge is 0.252 e. The Morgan fingerprint density at radius 1 is 1.25 bits per heavy atom. The fraction of sp³-hybridized carbons (Fsp3) is 0.500. The van der Waals surface area contributed by atoms with E-state index in [-0.39, 0.29) is 24.2 Å². The van der Waals surface area contributed by atoms with Crippen molar-refractivity contribution in [3.63, 3.8) is 0 Å². The standard InChI is InChI=1S/C16H21N5O3/c17-14(23)12-2-1-4-19-15(12)20-6-8-21(9-7-20)16(24)11-3-5-18-13(22)10-11/h1-2,4,11H,3,5-10H2,(H2,17,23)(H,18,22). The number of nitrogens with two attached hydrogens (primary N) is 1. The number of piperidine rings is 1. The third-order valence-corrected chi connectivity index (χ3v) is 4.54. The molecule has 2 aliphatic rings. The number of aromatic nitrogens is 1. The zero-order valence-electron chi connectivity index (χ0n) is 13.4. The summed E-state index contributed by atoms with van der Waals surface area (Å²) in [7, 11) is 0. The maximum atomic E-state index is 12.6. The van der Waals surface area contributed by atoms with Gasteiger partial charge in [-0.1, -0.05) is 0 Å². The SMILES string of the molecule is NC(=O)c1cccnc1N1CCN(C(=O)C2CCNC(=O)C2)CC1. The number of hydrogen-bond acceptors (Lipinski definition) is 5. The zero-order valence-corrected chi connectivity index (χ0v) is 13.4. The number of carbonyl (C=O) groups excluding carboxylic acids is 3. The van der Waals surface area contributed by atoms with Crippen molar-refractivity contribution in [2.45, 2.75) is 12.8 Å². The molecule has 1 aromatic rings. The molecule has 1 aromatic heterocycles. The average Bonchev–Trinajstić information content (AvgIpc) is 2.61. The topological polar surface area (TPSA) is 109 Å². The van der Waals surface area contributed by atoms with E-state index in [9.17, 15) is 14.4 Å². The molecule has 0 aromatic carbocycles. The van der Waals surface area contributed by atoms with Gasteiger partial charge in [-0.25, -0.2) is 4.98 Å². The number of amides is 3. The summed E-state index contributed by atoms with van der Waals surface area (Å²) in [5.41, 5.74) is 5.79. The molecule has 1 atom stereocenters. The van der Waals surface area contributed by atoms with Gasteiger partial charge in [0.2, 0.25) is 11.8 Å². The van der Waals surface area contributed by atoms with Crippen molar-refractivity contribution in [3.05, 3.63) is 23.9 Å². The fourth-order valence-corrected chi connectivity index (χ4v) is 3.23. The highest BCUT2D eigenvalue weighted by Crippen LogP contribution is 2.21. The van der Waals surface area contributed by atoms with Crippen molar-refractivity contribution in [2.75, 3.05) is 37.6 Å². The van der Waals surface area contributed by atoms with Gasteiger partial charge in [0, 0.05) is 51.3 Å². The van der Waals surface area contributed by atoms with Crippen LogP contribution in [0.1, 0.15) is 23.2 Å². The summed E-state index contributed by atoms with van der Waals surface area (Å²) >= 11 is 0. The molecule has 0 radical (unpaired) electrons. The Morgan fingerprint density at radius 3 is 2.67 bits per heavy atom. The van der Waals surface area contributed by atoms with Crippen LogP contribution in [0, 0.1) is 5.92 Å². The highest BCUT2D eigenvalue weighted by atomic mass is 16.2. The number of hydrogen-bond donors (Lipinski definition) is 2. The summed E-state index contributed by atoms with van der Waals surface area (Å²) in [6.45, 7) is 2.83. The summed E-state index contributed by atoms with van der Waals surface area (Å²) in [6.07, 6.45) is 2.59. The molecule has 3 heterocycles. The van der Waals surface area contributed by atoms with Gasteiger partial charge in [0.05, 0.1) is 5.56 Å². The molecule has 0 aliphatic carbocycles. The summed E-state index contributed by atoms with van der Waals surface area (Å²) in [5, 5.41) is 2.75. The van der Waals surface area contributed by atoms with E-state index in [1.807, 2.05) is 4.90 Å². The Bertz CT molecular complexity index is 655. The van der Waals surface area contributed by atoms with E-state index in [1.54, 1.807) is 23.2 Å². The molecule has 24 heavy (non-hydrogen) atoms. The number of anilines is 1. The van der Waals surface area contributed by atoms with Crippen LogP contribution in [0.25, 0.3) is 0 Å². The molecule has 1 unspecified atom stereocenters. The van der Waals surface area contributed by atoms with Crippen LogP contribution in [0.15, 0.2) is 18.3 Å². The van der Waals surface area contributed by atoms with Crippen LogP contribution in [-0.2, 0) is 9.59 Å². The number of carbonyl (C=O) groups is 3. The summed E-state index contributed by atoms with van der Waals surface area (Å²) in [6, 6.07) is 3.33. The first-order chi connectivity index (χ1) is 11.6. The van der Waals surface area contributed by atoms with Crippen LogP contribution < -0.4 is 16.0 Å². The third kappa shape index (κ3) is 3.32. The number of primary amides is 1. The molecule has 0 bridgehead atoms. The normalized spacial score (nSPS) is 21.3. The van der Waals surface area contributed by atoms with Gasteiger partial charge in [0.1, 0.15) is 5.82 Å². The van der Waals surface area contributed by atoms with Crippen LogP contribution in [0.4, 0.5) is 5.82 Å². The van der Waals surface area contributed by atoms with Gasteiger partial charge in [0.15, 0.2) is 0 Å².